The third-order valence-corrected chi connectivity index (χ3v) is 4.01. The van der Waals surface area contributed by atoms with Crippen molar-refractivity contribution in [2.24, 2.45) is 23.5 Å². The van der Waals surface area contributed by atoms with E-state index >= 15 is 0 Å². The molecule has 0 heterocycles. The highest BCUT2D eigenvalue weighted by Crippen LogP contribution is 2.62. The predicted molar refractivity (Wildman–Crippen MR) is 45.3 cm³/mol. The van der Waals surface area contributed by atoms with Gasteiger partial charge in [-0.05, 0) is 30.6 Å². The van der Waals surface area contributed by atoms with Crippen molar-refractivity contribution in [1.29, 1.82) is 0 Å². The zero-order valence-corrected chi connectivity index (χ0v) is 7.34. The standard InChI is InChI=1S/C10H13F2N/c11-10(12)5-9(10,13)8-4-6-1-2-7(8)3-6/h1-2,6-8H,3-5,13H2. The maximum Gasteiger partial charge on any atom is 0.268 e. The maximum absolute atomic E-state index is 13.0. The number of hydrogen-bond acceptors (Lipinski definition) is 1. The van der Waals surface area contributed by atoms with Crippen LogP contribution in [0.15, 0.2) is 12.2 Å². The summed E-state index contributed by atoms with van der Waals surface area (Å²) in [6.07, 6.45) is 6.08. The van der Waals surface area contributed by atoms with Crippen LogP contribution in [0.1, 0.15) is 19.3 Å². The molecule has 0 aromatic carbocycles. The molecule has 13 heavy (non-hydrogen) atoms. The van der Waals surface area contributed by atoms with Gasteiger partial charge in [0.15, 0.2) is 0 Å². The van der Waals surface area contributed by atoms with E-state index in [9.17, 15) is 8.78 Å². The molecule has 0 radical (unpaired) electrons. The number of rotatable bonds is 1. The molecule has 3 rings (SSSR count). The third kappa shape index (κ3) is 0.836. The minimum absolute atomic E-state index is 0.0394. The molecule has 3 heteroatoms. The van der Waals surface area contributed by atoms with Gasteiger partial charge in [-0.2, -0.15) is 0 Å². The van der Waals surface area contributed by atoms with Crippen LogP contribution in [0.5, 0.6) is 0 Å². The number of fused-ring (bicyclic) bond motifs is 2. The molecular weight excluding hydrogens is 172 g/mol. The van der Waals surface area contributed by atoms with Crippen LogP contribution in [0.2, 0.25) is 0 Å². The average Bonchev–Trinajstić information content (AvgIpc) is 2.51. The summed E-state index contributed by atoms with van der Waals surface area (Å²) in [5.74, 6) is -1.68. The lowest BCUT2D eigenvalue weighted by molar-refractivity contribution is 0.0675. The molecular formula is C10H13F2N. The Bertz CT molecular complexity index is 287. The maximum atomic E-state index is 13.0. The molecule has 3 aliphatic rings. The fourth-order valence-corrected chi connectivity index (χ4v) is 3.10. The Hall–Kier alpha value is -0.440. The highest BCUT2D eigenvalue weighted by Gasteiger charge is 2.73. The Balaban J connectivity index is 1.85. The minimum Gasteiger partial charge on any atom is -0.320 e. The quantitative estimate of drug-likeness (QED) is 0.621. The molecule has 72 valence electrons. The first kappa shape index (κ1) is 7.92. The second-order valence-corrected chi connectivity index (χ2v) is 4.81. The lowest BCUT2D eigenvalue weighted by Gasteiger charge is -2.25. The number of hydrogen-bond donors (Lipinski definition) is 1. The van der Waals surface area contributed by atoms with Crippen LogP contribution < -0.4 is 5.73 Å². The highest BCUT2D eigenvalue weighted by atomic mass is 19.3. The summed E-state index contributed by atoms with van der Waals surface area (Å²) in [6.45, 7) is 0. The highest BCUT2D eigenvalue weighted by molar-refractivity contribution is 5.26. The van der Waals surface area contributed by atoms with Gasteiger partial charge in [-0.25, -0.2) is 8.78 Å². The van der Waals surface area contributed by atoms with Crippen molar-refractivity contribution < 1.29 is 8.78 Å². The number of nitrogens with two attached hydrogens (primary N) is 1. The van der Waals surface area contributed by atoms with Crippen LogP contribution in [-0.2, 0) is 0 Å². The fourth-order valence-electron chi connectivity index (χ4n) is 3.10. The molecule has 2 bridgehead atoms. The zero-order valence-electron chi connectivity index (χ0n) is 7.34. The Morgan fingerprint density at radius 1 is 1.23 bits per heavy atom. The van der Waals surface area contributed by atoms with Crippen LogP contribution in [-0.4, -0.2) is 11.5 Å². The van der Waals surface area contributed by atoms with Crippen molar-refractivity contribution in [3.05, 3.63) is 12.2 Å². The van der Waals surface area contributed by atoms with E-state index in [0.29, 0.717) is 11.8 Å². The van der Waals surface area contributed by atoms with Crippen molar-refractivity contribution >= 4 is 0 Å². The van der Waals surface area contributed by atoms with Gasteiger partial charge in [0.05, 0.1) is 5.54 Å². The molecule has 2 N–H and O–H groups in total. The molecule has 4 atom stereocenters. The number of halogens is 2. The normalized spacial score (nSPS) is 55.8. The number of alkyl halides is 2. The summed E-state index contributed by atoms with van der Waals surface area (Å²) < 4.78 is 26.0. The number of allylic oxidation sites excluding steroid dienone is 2. The van der Waals surface area contributed by atoms with E-state index in [0.717, 1.165) is 12.8 Å². The van der Waals surface area contributed by atoms with Crippen molar-refractivity contribution in [2.45, 2.75) is 30.7 Å². The van der Waals surface area contributed by atoms with Gasteiger partial charge in [0.25, 0.3) is 5.92 Å². The van der Waals surface area contributed by atoms with Crippen LogP contribution in [0.4, 0.5) is 8.78 Å². The van der Waals surface area contributed by atoms with Crippen molar-refractivity contribution in [3.63, 3.8) is 0 Å². The van der Waals surface area contributed by atoms with Gasteiger partial charge in [0, 0.05) is 6.42 Å². The van der Waals surface area contributed by atoms with Gasteiger partial charge in [0.1, 0.15) is 0 Å². The molecule has 1 nitrogen and oxygen atoms in total. The van der Waals surface area contributed by atoms with E-state index in [1.54, 1.807) is 0 Å². The summed E-state index contributed by atoms with van der Waals surface area (Å²) in [5.41, 5.74) is 4.58. The topological polar surface area (TPSA) is 26.0 Å². The Kier molecular flexibility index (Phi) is 1.20. The minimum atomic E-state index is -2.59. The predicted octanol–water partition coefficient (Wildman–Crippen LogP) is 1.94. The first-order valence-electron chi connectivity index (χ1n) is 4.88. The Labute approximate surface area is 76.0 Å². The van der Waals surface area contributed by atoms with Crippen LogP contribution in [0.3, 0.4) is 0 Å². The van der Waals surface area contributed by atoms with Gasteiger partial charge in [0.2, 0.25) is 0 Å². The van der Waals surface area contributed by atoms with E-state index in [4.69, 9.17) is 5.73 Å². The molecule has 0 aromatic rings. The SMILES string of the molecule is NC1(C2CC3C=CC2C3)CC1(F)F. The Morgan fingerprint density at radius 2 is 1.92 bits per heavy atom. The summed E-state index contributed by atoms with van der Waals surface area (Å²) in [7, 11) is 0. The molecule has 3 aliphatic carbocycles. The molecule has 0 amide bonds. The average molecular weight is 185 g/mol. The molecule has 2 saturated carbocycles. The van der Waals surface area contributed by atoms with Gasteiger partial charge in [-0.1, -0.05) is 12.2 Å². The zero-order chi connectivity index (χ0) is 9.27. The lowest BCUT2D eigenvalue weighted by Crippen LogP contribution is -2.40. The fraction of sp³-hybridized carbons (Fsp3) is 0.800. The smallest absolute Gasteiger partial charge is 0.268 e. The van der Waals surface area contributed by atoms with Gasteiger partial charge >= 0.3 is 0 Å². The molecule has 0 aromatic heterocycles. The first-order chi connectivity index (χ1) is 6.03. The van der Waals surface area contributed by atoms with Crippen molar-refractivity contribution in [1.82, 2.24) is 0 Å². The van der Waals surface area contributed by atoms with E-state index in [-0.39, 0.29) is 12.3 Å². The van der Waals surface area contributed by atoms with E-state index < -0.39 is 11.5 Å². The van der Waals surface area contributed by atoms with Gasteiger partial charge < -0.3 is 5.73 Å². The second kappa shape index (κ2) is 1.97. The largest absolute Gasteiger partial charge is 0.320 e. The summed E-state index contributed by atoms with van der Waals surface area (Å²) >= 11 is 0. The van der Waals surface area contributed by atoms with E-state index in [2.05, 4.69) is 12.2 Å². The first-order valence-corrected chi connectivity index (χ1v) is 4.88. The van der Waals surface area contributed by atoms with Gasteiger partial charge in [-0.3, -0.25) is 0 Å². The van der Waals surface area contributed by atoms with Crippen LogP contribution in [0.25, 0.3) is 0 Å². The molecule has 0 saturated heterocycles. The Morgan fingerprint density at radius 3 is 2.31 bits per heavy atom. The molecule has 0 spiro atoms. The second-order valence-electron chi connectivity index (χ2n) is 4.81. The summed E-state index contributed by atoms with van der Waals surface area (Å²) in [5, 5.41) is 0. The monoisotopic (exact) mass is 185 g/mol. The van der Waals surface area contributed by atoms with Crippen LogP contribution in [0, 0.1) is 17.8 Å². The summed E-state index contributed by atoms with van der Waals surface area (Å²) in [4.78, 5) is 0. The molecule has 2 fully saturated rings. The lowest BCUT2D eigenvalue weighted by atomic mass is 9.85. The van der Waals surface area contributed by atoms with Gasteiger partial charge in [-0.15, -0.1) is 0 Å². The molecule has 4 unspecified atom stereocenters. The van der Waals surface area contributed by atoms with Crippen molar-refractivity contribution in [2.75, 3.05) is 0 Å². The third-order valence-electron chi connectivity index (χ3n) is 4.01. The van der Waals surface area contributed by atoms with E-state index in [1.165, 1.54) is 0 Å². The summed E-state index contributed by atoms with van der Waals surface area (Å²) in [6, 6.07) is 0. The van der Waals surface area contributed by atoms with Crippen molar-refractivity contribution in [3.8, 4) is 0 Å². The van der Waals surface area contributed by atoms with E-state index in [1.807, 2.05) is 0 Å². The van der Waals surface area contributed by atoms with Crippen LogP contribution >= 0.6 is 0 Å². The molecule has 0 aliphatic heterocycles.